The SMILES string of the molecule is C=C(C(C)C)C1(/C(=C/C=NC)CC)CC1. The van der Waals surface area contributed by atoms with Crippen LogP contribution in [0.5, 0.6) is 0 Å². The Morgan fingerprint density at radius 2 is 2.07 bits per heavy atom. The van der Waals surface area contributed by atoms with Gasteiger partial charge in [-0.25, -0.2) is 0 Å². The smallest absolute Gasteiger partial charge is 0.0277 e. The number of allylic oxidation sites excluding steroid dienone is 3. The summed E-state index contributed by atoms with van der Waals surface area (Å²) in [5, 5.41) is 0. The predicted molar refractivity (Wildman–Crippen MR) is 68.4 cm³/mol. The van der Waals surface area contributed by atoms with Gasteiger partial charge in [0.05, 0.1) is 0 Å². The van der Waals surface area contributed by atoms with Crippen molar-refractivity contribution in [1.82, 2.24) is 0 Å². The van der Waals surface area contributed by atoms with Crippen LogP contribution in [0.4, 0.5) is 0 Å². The van der Waals surface area contributed by atoms with Crippen LogP contribution in [0.25, 0.3) is 0 Å². The second kappa shape index (κ2) is 4.78. The summed E-state index contributed by atoms with van der Waals surface area (Å²) < 4.78 is 0. The highest BCUT2D eigenvalue weighted by molar-refractivity contribution is 5.73. The fourth-order valence-corrected chi connectivity index (χ4v) is 2.31. The van der Waals surface area contributed by atoms with E-state index in [1.807, 2.05) is 13.3 Å². The third-order valence-electron chi connectivity index (χ3n) is 3.48. The standard InChI is InChI=1S/C14H23N/c1-6-13(7-10-15-5)14(8-9-14)12(4)11(2)3/h7,10-11H,4,6,8-9H2,1-3,5H3/b13-7+,15-10?. The van der Waals surface area contributed by atoms with Crippen LogP contribution < -0.4 is 0 Å². The molecule has 84 valence electrons. The topological polar surface area (TPSA) is 12.4 Å². The Hall–Kier alpha value is -0.850. The molecule has 0 atom stereocenters. The minimum Gasteiger partial charge on any atom is -0.297 e. The highest BCUT2D eigenvalue weighted by Gasteiger charge is 2.47. The van der Waals surface area contributed by atoms with Gasteiger partial charge in [0.25, 0.3) is 0 Å². The van der Waals surface area contributed by atoms with E-state index in [4.69, 9.17) is 0 Å². The lowest BCUT2D eigenvalue weighted by molar-refractivity contribution is 0.589. The lowest BCUT2D eigenvalue weighted by atomic mass is 9.81. The Morgan fingerprint density at radius 3 is 2.40 bits per heavy atom. The predicted octanol–water partition coefficient (Wildman–Crippen LogP) is 4.02. The van der Waals surface area contributed by atoms with Crippen LogP contribution in [-0.2, 0) is 0 Å². The molecule has 1 aliphatic rings. The summed E-state index contributed by atoms with van der Waals surface area (Å²) in [4.78, 5) is 4.04. The van der Waals surface area contributed by atoms with Crippen molar-refractivity contribution in [2.24, 2.45) is 16.3 Å². The summed E-state index contributed by atoms with van der Waals surface area (Å²) in [7, 11) is 1.82. The van der Waals surface area contributed by atoms with Crippen molar-refractivity contribution in [3.05, 3.63) is 23.8 Å². The summed E-state index contributed by atoms with van der Waals surface area (Å²) in [6.45, 7) is 11.0. The zero-order chi connectivity index (χ0) is 11.5. The zero-order valence-corrected chi connectivity index (χ0v) is 10.5. The van der Waals surface area contributed by atoms with Crippen LogP contribution in [0.15, 0.2) is 28.8 Å². The summed E-state index contributed by atoms with van der Waals surface area (Å²) >= 11 is 0. The molecule has 0 aromatic carbocycles. The minimum absolute atomic E-state index is 0.324. The maximum atomic E-state index is 4.28. The number of hydrogen-bond acceptors (Lipinski definition) is 1. The molecule has 0 aromatic rings. The molecular formula is C14H23N. The first kappa shape index (κ1) is 12.2. The average molecular weight is 205 g/mol. The van der Waals surface area contributed by atoms with Gasteiger partial charge in [0.15, 0.2) is 0 Å². The Bertz CT molecular complexity index is 290. The molecule has 0 spiro atoms. The highest BCUT2D eigenvalue weighted by atomic mass is 14.6. The van der Waals surface area contributed by atoms with Crippen molar-refractivity contribution < 1.29 is 0 Å². The van der Waals surface area contributed by atoms with Gasteiger partial charge in [0.2, 0.25) is 0 Å². The van der Waals surface area contributed by atoms with E-state index in [1.54, 1.807) is 0 Å². The van der Waals surface area contributed by atoms with E-state index in [9.17, 15) is 0 Å². The third-order valence-corrected chi connectivity index (χ3v) is 3.48. The van der Waals surface area contributed by atoms with Crippen molar-refractivity contribution in [3.8, 4) is 0 Å². The van der Waals surface area contributed by atoms with Crippen molar-refractivity contribution in [2.45, 2.75) is 40.0 Å². The average Bonchev–Trinajstić information content (AvgIpc) is 2.99. The van der Waals surface area contributed by atoms with E-state index in [2.05, 4.69) is 38.4 Å². The maximum Gasteiger partial charge on any atom is 0.0277 e. The van der Waals surface area contributed by atoms with Crippen molar-refractivity contribution >= 4 is 6.21 Å². The van der Waals surface area contributed by atoms with E-state index in [1.165, 1.54) is 24.0 Å². The fraction of sp³-hybridized carbons (Fsp3) is 0.643. The van der Waals surface area contributed by atoms with E-state index in [-0.39, 0.29) is 0 Å². The van der Waals surface area contributed by atoms with Gasteiger partial charge >= 0.3 is 0 Å². The maximum absolute atomic E-state index is 4.28. The Morgan fingerprint density at radius 1 is 1.47 bits per heavy atom. The lowest BCUT2D eigenvalue weighted by Gasteiger charge is -2.24. The second-order valence-electron chi connectivity index (χ2n) is 4.71. The molecule has 15 heavy (non-hydrogen) atoms. The van der Waals surface area contributed by atoms with Crippen LogP contribution >= 0.6 is 0 Å². The normalized spacial score (nSPS) is 19.9. The Kier molecular flexibility index (Phi) is 3.90. The van der Waals surface area contributed by atoms with Crippen LogP contribution in [0.2, 0.25) is 0 Å². The molecule has 1 saturated carbocycles. The van der Waals surface area contributed by atoms with Crippen molar-refractivity contribution in [2.75, 3.05) is 7.05 Å². The minimum atomic E-state index is 0.324. The van der Waals surface area contributed by atoms with Crippen LogP contribution in [0, 0.1) is 11.3 Å². The third kappa shape index (κ3) is 2.39. The molecule has 1 rings (SSSR count). The molecule has 0 aromatic heterocycles. The van der Waals surface area contributed by atoms with Gasteiger partial charge < -0.3 is 0 Å². The molecule has 1 nitrogen and oxygen atoms in total. The Labute approximate surface area is 94.0 Å². The summed E-state index contributed by atoms with van der Waals surface area (Å²) in [6.07, 6.45) is 7.76. The molecule has 0 heterocycles. The molecular weight excluding hydrogens is 182 g/mol. The molecule has 1 aliphatic carbocycles. The molecule has 1 fully saturated rings. The first-order valence-electron chi connectivity index (χ1n) is 5.89. The number of rotatable bonds is 5. The van der Waals surface area contributed by atoms with E-state index in [0.29, 0.717) is 11.3 Å². The summed E-state index contributed by atoms with van der Waals surface area (Å²) in [6, 6.07) is 0. The lowest BCUT2D eigenvalue weighted by Crippen LogP contribution is -2.12. The van der Waals surface area contributed by atoms with Crippen molar-refractivity contribution in [1.29, 1.82) is 0 Å². The first-order valence-corrected chi connectivity index (χ1v) is 5.89. The van der Waals surface area contributed by atoms with Crippen LogP contribution in [-0.4, -0.2) is 13.3 Å². The summed E-state index contributed by atoms with van der Waals surface area (Å²) in [5.41, 5.74) is 3.23. The monoisotopic (exact) mass is 205 g/mol. The molecule has 1 heteroatoms. The highest BCUT2D eigenvalue weighted by Crippen LogP contribution is 2.59. The zero-order valence-electron chi connectivity index (χ0n) is 10.5. The number of nitrogens with zero attached hydrogens (tertiary/aromatic N) is 1. The van der Waals surface area contributed by atoms with Crippen molar-refractivity contribution in [3.63, 3.8) is 0 Å². The number of hydrogen-bond donors (Lipinski definition) is 0. The van der Waals surface area contributed by atoms with Gasteiger partial charge in [0, 0.05) is 18.7 Å². The van der Waals surface area contributed by atoms with Gasteiger partial charge in [-0.1, -0.05) is 38.5 Å². The van der Waals surface area contributed by atoms with Gasteiger partial charge in [-0.3, -0.25) is 4.99 Å². The van der Waals surface area contributed by atoms with E-state index >= 15 is 0 Å². The molecule has 0 aliphatic heterocycles. The van der Waals surface area contributed by atoms with Gasteiger partial charge in [-0.05, 0) is 31.3 Å². The molecule has 0 amide bonds. The van der Waals surface area contributed by atoms with E-state index < -0.39 is 0 Å². The largest absolute Gasteiger partial charge is 0.297 e. The quantitative estimate of drug-likeness (QED) is 0.475. The van der Waals surface area contributed by atoms with Gasteiger partial charge in [-0.15, -0.1) is 0 Å². The molecule has 0 bridgehead atoms. The molecule has 0 N–H and O–H groups in total. The van der Waals surface area contributed by atoms with Crippen LogP contribution in [0.1, 0.15) is 40.0 Å². The second-order valence-corrected chi connectivity index (χ2v) is 4.71. The first-order chi connectivity index (χ1) is 7.08. The van der Waals surface area contributed by atoms with Gasteiger partial charge in [-0.2, -0.15) is 0 Å². The molecule has 0 unspecified atom stereocenters. The number of aliphatic imine (C=N–C) groups is 1. The summed E-state index contributed by atoms with van der Waals surface area (Å²) in [5.74, 6) is 0.584. The molecule has 0 saturated heterocycles. The Balaban J connectivity index is 2.89. The molecule has 0 radical (unpaired) electrons. The van der Waals surface area contributed by atoms with Crippen LogP contribution in [0.3, 0.4) is 0 Å². The van der Waals surface area contributed by atoms with Gasteiger partial charge in [0.1, 0.15) is 0 Å². The van der Waals surface area contributed by atoms with E-state index in [0.717, 1.165) is 6.42 Å². The fourth-order valence-electron chi connectivity index (χ4n) is 2.31.